The Morgan fingerprint density at radius 1 is 1.31 bits per heavy atom. The van der Waals surface area contributed by atoms with Gasteiger partial charge in [0.1, 0.15) is 6.33 Å². The summed E-state index contributed by atoms with van der Waals surface area (Å²) in [5.74, 6) is -0.932. The van der Waals surface area contributed by atoms with Gasteiger partial charge in [-0.05, 0) is 37.1 Å². The normalized spacial score (nSPS) is 16.2. The van der Waals surface area contributed by atoms with Crippen LogP contribution in [0.4, 0.5) is 23.0 Å². The van der Waals surface area contributed by atoms with Crippen molar-refractivity contribution in [3.05, 3.63) is 46.3 Å². The van der Waals surface area contributed by atoms with E-state index < -0.39 is 10.9 Å². The monoisotopic (exact) mass is 359 g/mol. The molecule has 2 heterocycles. The molecule has 10 nitrogen and oxygen atoms in total. The van der Waals surface area contributed by atoms with Crippen LogP contribution in [0.5, 0.6) is 0 Å². The first-order valence-corrected chi connectivity index (χ1v) is 8.00. The summed E-state index contributed by atoms with van der Waals surface area (Å²) >= 11 is 0. The van der Waals surface area contributed by atoms with E-state index in [1.54, 1.807) is 0 Å². The van der Waals surface area contributed by atoms with E-state index in [-0.39, 0.29) is 29.0 Å². The lowest BCUT2D eigenvalue weighted by Crippen LogP contribution is -2.20. The molecule has 1 saturated heterocycles. The molecule has 3 rings (SSSR count). The van der Waals surface area contributed by atoms with E-state index in [1.807, 2.05) is 0 Å². The number of carbonyl (C=O) groups is 1. The standard InChI is InChI=1S/C16H17N5O5/c22-16(23)10-3-5-11(6-4-10)20-15-13(21(24)25)14(18-9-19-15)17-8-12-2-1-7-26-12/h3-6,9,12H,1-2,7-8H2,(H,22,23)(H2,17,18,19,20). The highest BCUT2D eigenvalue weighted by atomic mass is 16.6. The number of hydrogen-bond donors (Lipinski definition) is 3. The van der Waals surface area contributed by atoms with Gasteiger partial charge in [-0.3, -0.25) is 10.1 Å². The van der Waals surface area contributed by atoms with Gasteiger partial charge in [0.15, 0.2) is 0 Å². The number of nitrogens with zero attached hydrogens (tertiary/aromatic N) is 3. The van der Waals surface area contributed by atoms with Crippen molar-refractivity contribution < 1.29 is 19.6 Å². The summed E-state index contributed by atoms with van der Waals surface area (Å²) in [4.78, 5) is 29.7. The van der Waals surface area contributed by atoms with Gasteiger partial charge >= 0.3 is 11.7 Å². The van der Waals surface area contributed by atoms with Gasteiger partial charge in [0.25, 0.3) is 0 Å². The number of nitrogens with one attached hydrogen (secondary N) is 2. The Labute approximate surface area is 148 Å². The largest absolute Gasteiger partial charge is 0.478 e. The first-order valence-electron chi connectivity index (χ1n) is 8.00. The lowest BCUT2D eigenvalue weighted by molar-refractivity contribution is -0.383. The Bertz CT molecular complexity index is 805. The third-order valence-electron chi connectivity index (χ3n) is 3.92. The molecule has 1 atom stereocenters. The highest BCUT2D eigenvalue weighted by molar-refractivity contribution is 5.88. The van der Waals surface area contributed by atoms with Crippen LogP contribution in [0.3, 0.4) is 0 Å². The highest BCUT2D eigenvalue weighted by Crippen LogP contribution is 2.31. The molecule has 0 bridgehead atoms. The molecule has 1 unspecified atom stereocenters. The van der Waals surface area contributed by atoms with Crippen LogP contribution in [-0.2, 0) is 4.74 Å². The molecule has 136 valence electrons. The van der Waals surface area contributed by atoms with Gasteiger partial charge in [-0.2, -0.15) is 0 Å². The Balaban J connectivity index is 1.80. The SMILES string of the molecule is O=C(O)c1ccc(Nc2ncnc(NCC3CCCO3)c2[N+](=O)[O-])cc1. The molecule has 1 fully saturated rings. The summed E-state index contributed by atoms with van der Waals surface area (Å²) in [5, 5.41) is 26.2. The molecule has 10 heteroatoms. The zero-order valence-electron chi connectivity index (χ0n) is 13.7. The summed E-state index contributed by atoms with van der Waals surface area (Å²) < 4.78 is 5.49. The minimum atomic E-state index is -1.05. The smallest absolute Gasteiger partial charge is 0.353 e. The second-order valence-corrected chi connectivity index (χ2v) is 5.70. The molecule has 0 saturated carbocycles. The molecule has 1 aliphatic heterocycles. The maximum Gasteiger partial charge on any atom is 0.353 e. The van der Waals surface area contributed by atoms with Crippen molar-refractivity contribution in [2.45, 2.75) is 18.9 Å². The zero-order valence-corrected chi connectivity index (χ0v) is 13.7. The van der Waals surface area contributed by atoms with Gasteiger partial charge < -0.3 is 20.5 Å². The number of hydrogen-bond acceptors (Lipinski definition) is 8. The van der Waals surface area contributed by atoms with Gasteiger partial charge in [0.05, 0.1) is 16.6 Å². The highest BCUT2D eigenvalue weighted by Gasteiger charge is 2.24. The van der Waals surface area contributed by atoms with Gasteiger partial charge in [0, 0.05) is 18.8 Å². The molecule has 0 radical (unpaired) electrons. The molecule has 1 aromatic carbocycles. The van der Waals surface area contributed by atoms with Gasteiger partial charge in [0.2, 0.25) is 11.6 Å². The molecule has 1 aromatic heterocycles. The second kappa shape index (κ2) is 7.74. The van der Waals surface area contributed by atoms with Gasteiger partial charge in [-0.25, -0.2) is 14.8 Å². The van der Waals surface area contributed by atoms with Crippen LogP contribution >= 0.6 is 0 Å². The Morgan fingerprint density at radius 3 is 2.65 bits per heavy atom. The van der Waals surface area contributed by atoms with Crippen LogP contribution in [-0.4, -0.2) is 45.2 Å². The topological polar surface area (TPSA) is 140 Å². The Kier molecular flexibility index (Phi) is 5.23. The van der Waals surface area contributed by atoms with Gasteiger partial charge in [-0.15, -0.1) is 0 Å². The number of anilines is 3. The summed E-state index contributed by atoms with van der Waals surface area (Å²) in [7, 11) is 0. The predicted molar refractivity (Wildman–Crippen MR) is 92.8 cm³/mol. The average molecular weight is 359 g/mol. The molecule has 2 aromatic rings. The summed E-state index contributed by atoms with van der Waals surface area (Å²) in [5.41, 5.74) is 0.307. The number of aromatic carboxylic acids is 1. The molecular formula is C16H17N5O5. The van der Waals surface area contributed by atoms with E-state index in [9.17, 15) is 14.9 Å². The maximum atomic E-state index is 11.5. The van der Waals surface area contributed by atoms with Gasteiger partial charge in [-0.1, -0.05) is 0 Å². The molecule has 26 heavy (non-hydrogen) atoms. The number of carboxylic acid groups (broad SMARTS) is 1. The van der Waals surface area contributed by atoms with Crippen molar-refractivity contribution in [3.8, 4) is 0 Å². The third-order valence-corrected chi connectivity index (χ3v) is 3.92. The quantitative estimate of drug-likeness (QED) is 0.502. The lowest BCUT2D eigenvalue weighted by atomic mass is 10.2. The fraction of sp³-hybridized carbons (Fsp3) is 0.312. The molecule has 0 spiro atoms. The van der Waals surface area contributed by atoms with Crippen LogP contribution in [0.2, 0.25) is 0 Å². The Morgan fingerprint density at radius 2 is 2.04 bits per heavy atom. The predicted octanol–water partition coefficient (Wildman–Crippen LogP) is 2.42. The third kappa shape index (κ3) is 4.03. The number of carboxylic acids is 1. The average Bonchev–Trinajstić information content (AvgIpc) is 3.14. The van der Waals surface area contributed by atoms with E-state index in [0.717, 1.165) is 12.8 Å². The number of ether oxygens (including phenoxy) is 1. The number of nitro groups is 1. The summed E-state index contributed by atoms with van der Waals surface area (Å²) in [6.07, 6.45) is 3.09. The minimum absolute atomic E-state index is 0.00421. The lowest BCUT2D eigenvalue weighted by Gasteiger charge is -2.13. The number of rotatable bonds is 7. The van der Waals surface area contributed by atoms with Crippen molar-refractivity contribution in [1.82, 2.24) is 9.97 Å². The van der Waals surface area contributed by atoms with Crippen molar-refractivity contribution in [1.29, 1.82) is 0 Å². The van der Waals surface area contributed by atoms with Crippen LogP contribution in [0.15, 0.2) is 30.6 Å². The van der Waals surface area contributed by atoms with Crippen molar-refractivity contribution >= 4 is 29.0 Å². The molecule has 0 aliphatic carbocycles. The first-order chi connectivity index (χ1) is 12.5. The van der Waals surface area contributed by atoms with Crippen molar-refractivity contribution in [2.75, 3.05) is 23.8 Å². The number of benzene rings is 1. The summed E-state index contributed by atoms with van der Waals surface area (Å²) in [6.45, 7) is 1.11. The first kappa shape index (κ1) is 17.5. The molecule has 3 N–H and O–H groups in total. The van der Waals surface area contributed by atoms with E-state index in [2.05, 4.69) is 20.6 Å². The molecule has 0 amide bonds. The minimum Gasteiger partial charge on any atom is -0.478 e. The Hall–Kier alpha value is -3.27. The fourth-order valence-electron chi connectivity index (χ4n) is 2.62. The van der Waals surface area contributed by atoms with Crippen LogP contribution in [0.1, 0.15) is 23.2 Å². The van der Waals surface area contributed by atoms with Crippen molar-refractivity contribution in [2.24, 2.45) is 0 Å². The molecular weight excluding hydrogens is 342 g/mol. The van der Waals surface area contributed by atoms with E-state index >= 15 is 0 Å². The van der Waals surface area contributed by atoms with Crippen LogP contribution < -0.4 is 10.6 Å². The van der Waals surface area contributed by atoms with E-state index in [1.165, 1.54) is 30.6 Å². The fourth-order valence-corrected chi connectivity index (χ4v) is 2.62. The summed E-state index contributed by atoms with van der Waals surface area (Å²) in [6, 6.07) is 5.81. The number of aromatic nitrogens is 2. The molecule has 1 aliphatic rings. The van der Waals surface area contributed by atoms with E-state index in [0.29, 0.717) is 18.8 Å². The maximum absolute atomic E-state index is 11.5. The second-order valence-electron chi connectivity index (χ2n) is 5.70. The van der Waals surface area contributed by atoms with Crippen LogP contribution in [0, 0.1) is 10.1 Å². The van der Waals surface area contributed by atoms with Crippen molar-refractivity contribution in [3.63, 3.8) is 0 Å². The van der Waals surface area contributed by atoms with Crippen LogP contribution in [0.25, 0.3) is 0 Å². The van der Waals surface area contributed by atoms with E-state index in [4.69, 9.17) is 9.84 Å². The zero-order chi connectivity index (χ0) is 18.5.